The molecule has 1 unspecified atom stereocenters. The van der Waals surface area contributed by atoms with Crippen molar-refractivity contribution in [2.75, 3.05) is 11.9 Å². The van der Waals surface area contributed by atoms with Crippen LogP contribution in [0.15, 0.2) is 59.4 Å². The number of rotatable bonds is 8. The number of nitrogens with one attached hydrogen (secondary N) is 1. The Kier molecular flexibility index (Phi) is 5.74. The molecule has 3 aromatic rings. The fourth-order valence-electron chi connectivity index (χ4n) is 2.57. The molecule has 1 N–H and O–H groups in total. The first-order valence-corrected chi connectivity index (χ1v) is 8.42. The van der Waals surface area contributed by atoms with Crippen LogP contribution in [0, 0.1) is 0 Å². The molecule has 0 saturated carbocycles. The van der Waals surface area contributed by atoms with Crippen LogP contribution in [0.3, 0.4) is 0 Å². The van der Waals surface area contributed by atoms with Gasteiger partial charge in [-0.2, -0.15) is 4.98 Å². The number of hydrogen-bond acceptors (Lipinski definition) is 6. The van der Waals surface area contributed by atoms with Gasteiger partial charge in [-0.05, 0) is 37.7 Å². The largest absolute Gasteiger partial charge is 0.358 e. The molecule has 2 heterocycles. The minimum Gasteiger partial charge on any atom is -0.358 e. The zero-order chi connectivity index (χ0) is 17.5. The lowest BCUT2D eigenvalue weighted by Crippen LogP contribution is -2.24. The maximum atomic E-state index is 5.45. The van der Waals surface area contributed by atoms with Crippen molar-refractivity contribution in [1.29, 1.82) is 0 Å². The van der Waals surface area contributed by atoms with Gasteiger partial charge in [0.25, 0.3) is 0 Å². The second-order valence-corrected chi connectivity index (χ2v) is 6.05. The number of likely N-dealkylation sites (N-methyl/N-ethyl adjacent to an activating group) is 1. The monoisotopic (exact) mass is 337 g/mol. The van der Waals surface area contributed by atoms with Crippen LogP contribution in [0.1, 0.15) is 24.2 Å². The standard InChI is InChI=1S/C19H23N5O/c1-15(20-2)11-18-22-19(25-23-18)14-24(17-8-4-3-5-9-17)13-16-7-6-10-21-12-16/h3-10,12,15,20H,11,13-14H2,1-2H3. The van der Waals surface area contributed by atoms with Gasteiger partial charge in [-0.1, -0.05) is 29.4 Å². The molecule has 0 fully saturated rings. The van der Waals surface area contributed by atoms with Crippen LogP contribution in [0.2, 0.25) is 0 Å². The Labute approximate surface area is 147 Å². The highest BCUT2D eigenvalue weighted by molar-refractivity contribution is 5.46. The maximum Gasteiger partial charge on any atom is 0.246 e. The summed E-state index contributed by atoms with van der Waals surface area (Å²) in [4.78, 5) is 10.9. The minimum absolute atomic E-state index is 0.311. The molecule has 1 atom stereocenters. The molecule has 0 aliphatic carbocycles. The summed E-state index contributed by atoms with van der Waals surface area (Å²) in [5.74, 6) is 1.34. The van der Waals surface area contributed by atoms with E-state index in [-0.39, 0.29) is 0 Å². The van der Waals surface area contributed by atoms with Gasteiger partial charge in [-0.15, -0.1) is 0 Å². The van der Waals surface area contributed by atoms with E-state index < -0.39 is 0 Å². The second-order valence-electron chi connectivity index (χ2n) is 6.05. The third kappa shape index (κ3) is 4.87. The van der Waals surface area contributed by atoms with Crippen LogP contribution in [0.5, 0.6) is 0 Å². The van der Waals surface area contributed by atoms with Crippen molar-refractivity contribution in [3.63, 3.8) is 0 Å². The first-order chi connectivity index (χ1) is 12.2. The summed E-state index contributed by atoms with van der Waals surface area (Å²) in [5, 5.41) is 7.28. The lowest BCUT2D eigenvalue weighted by Gasteiger charge is -2.23. The van der Waals surface area contributed by atoms with Crippen molar-refractivity contribution in [2.45, 2.75) is 32.5 Å². The van der Waals surface area contributed by atoms with Crippen molar-refractivity contribution < 1.29 is 4.52 Å². The molecule has 25 heavy (non-hydrogen) atoms. The first kappa shape index (κ1) is 17.1. The average Bonchev–Trinajstić information content (AvgIpc) is 3.09. The number of hydrogen-bond donors (Lipinski definition) is 1. The van der Waals surface area contributed by atoms with E-state index in [1.807, 2.05) is 37.5 Å². The summed E-state index contributed by atoms with van der Waals surface area (Å²) in [6, 6.07) is 14.5. The summed E-state index contributed by atoms with van der Waals surface area (Å²) in [5.41, 5.74) is 2.24. The fourth-order valence-corrected chi connectivity index (χ4v) is 2.57. The Morgan fingerprint density at radius 1 is 1.12 bits per heavy atom. The number of para-hydroxylation sites is 1. The van der Waals surface area contributed by atoms with E-state index in [9.17, 15) is 0 Å². The lowest BCUT2D eigenvalue weighted by molar-refractivity contribution is 0.368. The van der Waals surface area contributed by atoms with Gasteiger partial charge in [0.2, 0.25) is 5.89 Å². The van der Waals surface area contributed by atoms with Crippen molar-refractivity contribution in [1.82, 2.24) is 20.4 Å². The Bertz CT molecular complexity index is 760. The number of nitrogens with zero attached hydrogens (tertiary/aromatic N) is 4. The molecule has 2 aromatic heterocycles. The zero-order valence-corrected chi connectivity index (χ0v) is 14.6. The third-order valence-corrected chi connectivity index (χ3v) is 4.04. The molecule has 0 spiro atoms. The van der Waals surface area contributed by atoms with Gasteiger partial charge in [0.05, 0.1) is 6.54 Å². The summed E-state index contributed by atoms with van der Waals surface area (Å²) < 4.78 is 5.45. The molecule has 0 bridgehead atoms. The zero-order valence-electron chi connectivity index (χ0n) is 14.6. The Morgan fingerprint density at radius 2 is 1.96 bits per heavy atom. The summed E-state index contributed by atoms with van der Waals surface area (Å²) in [7, 11) is 1.93. The van der Waals surface area contributed by atoms with Crippen molar-refractivity contribution in [3.8, 4) is 0 Å². The van der Waals surface area contributed by atoms with Crippen LogP contribution in [-0.2, 0) is 19.5 Å². The Morgan fingerprint density at radius 3 is 2.68 bits per heavy atom. The lowest BCUT2D eigenvalue weighted by atomic mass is 10.2. The van der Waals surface area contributed by atoms with Crippen molar-refractivity contribution in [3.05, 3.63) is 72.1 Å². The van der Waals surface area contributed by atoms with Gasteiger partial charge >= 0.3 is 0 Å². The Balaban J connectivity index is 1.76. The minimum atomic E-state index is 0.311. The molecule has 6 nitrogen and oxygen atoms in total. The highest BCUT2D eigenvalue weighted by Crippen LogP contribution is 2.19. The molecular weight excluding hydrogens is 314 g/mol. The van der Waals surface area contributed by atoms with E-state index in [1.165, 1.54) is 0 Å². The molecule has 130 valence electrons. The highest BCUT2D eigenvalue weighted by atomic mass is 16.5. The molecule has 0 amide bonds. The highest BCUT2D eigenvalue weighted by Gasteiger charge is 2.14. The van der Waals surface area contributed by atoms with Gasteiger partial charge in [0.15, 0.2) is 5.82 Å². The molecule has 0 saturated heterocycles. The van der Waals surface area contributed by atoms with E-state index in [4.69, 9.17) is 4.52 Å². The van der Waals surface area contributed by atoms with E-state index in [1.54, 1.807) is 6.20 Å². The summed E-state index contributed by atoms with van der Waals surface area (Å²) in [6.45, 7) is 3.37. The maximum absolute atomic E-state index is 5.45. The number of anilines is 1. The fraction of sp³-hybridized carbons (Fsp3) is 0.316. The third-order valence-electron chi connectivity index (χ3n) is 4.04. The van der Waals surface area contributed by atoms with Crippen LogP contribution < -0.4 is 10.2 Å². The first-order valence-electron chi connectivity index (χ1n) is 8.42. The molecule has 0 radical (unpaired) electrons. The van der Waals surface area contributed by atoms with E-state index in [0.29, 0.717) is 18.5 Å². The van der Waals surface area contributed by atoms with Crippen LogP contribution in [0.4, 0.5) is 5.69 Å². The molecule has 0 aliphatic heterocycles. The van der Waals surface area contributed by atoms with E-state index >= 15 is 0 Å². The second kappa shape index (κ2) is 8.39. The topological polar surface area (TPSA) is 67.1 Å². The van der Waals surface area contributed by atoms with Crippen molar-refractivity contribution in [2.24, 2.45) is 0 Å². The van der Waals surface area contributed by atoms with Gasteiger partial charge in [0, 0.05) is 37.1 Å². The quantitative estimate of drug-likeness (QED) is 0.682. The smallest absolute Gasteiger partial charge is 0.246 e. The number of benzene rings is 1. The van der Waals surface area contributed by atoms with Crippen molar-refractivity contribution >= 4 is 5.69 Å². The molecule has 0 aliphatic rings. The molecule has 1 aromatic carbocycles. The van der Waals surface area contributed by atoms with Crippen LogP contribution >= 0.6 is 0 Å². The van der Waals surface area contributed by atoms with Crippen LogP contribution in [-0.4, -0.2) is 28.2 Å². The summed E-state index contributed by atoms with van der Waals surface area (Å²) >= 11 is 0. The van der Waals surface area contributed by atoms with Gasteiger partial charge < -0.3 is 14.7 Å². The SMILES string of the molecule is CNC(C)Cc1noc(CN(Cc2cccnc2)c2ccccc2)n1. The predicted octanol–water partition coefficient (Wildman–Crippen LogP) is 2.82. The van der Waals surface area contributed by atoms with Gasteiger partial charge in [-0.25, -0.2) is 0 Å². The van der Waals surface area contributed by atoms with Crippen LogP contribution in [0.25, 0.3) is 0 Å². The number of pyridine rings is 1. The van der Waals surface area contributed by atoms with Gasteiger partial charge in [-0.3, -0.25) is 4.98 Å². The van der Waals surface area contributed by atoms with Gasteiger partial charge in [0.1, 0.15) is 0 Å². The molecule has 6 heteroatoms. The average molecular weight is 337 g/mol. The molecular formula is C19H23N5O. The Hall–Kier alpha value is -2.73. The van der Waals surface area contributed by atoms with E-state index in [2.05, 4.69) is 50.5 Å². The number of aromatic nitrogens is 3. The molecule has 3 rings (SSSR count). The summed E-state index contributed by atoms with van der Waals surface area (Å²) in [6.07, 6.45) is 4.40. The van der Waals surface area contributed by atoms with E-state index in [0.717, 1.165) is 30.0 Å². The normalized spacial score (nSPS) is 12.1. The predicted molar refractivity (Wildman–Crippen MR) is 97.1 cm³/mol.